The van der Waals surface area contributed by atoms with Crippen molar-refractivity contribution in [2.45, 2.75) is 32.2 Å². The van der Waals surface area contributed by atoms with Gasteiger partial charge in [0.15, 0.2) is 0 Å². The topological polar surface area (TPSA) is 23.5 Å². The Morgan fingerprint density at radius 2 is 2.06 bits per heavy atom. The van der Waals surface area contributed by atoms with E-state index in [0.29, 0.717) is 6.54 Å². The summed E-state index contributed by atoms with van der Waals surface area (Å²) in [5.74, 6) is -0.139. The van der Waals surface area contributed by atoms with Crippen LogP contribution in [0.4, 0.5) is 4.39 Å². The highest BCUT2D eigenvalue weighted by atomic mass is 19.1. The van der Waals surface area contributed by atoms with E-state index >= 15 is 0 Å². The molecule has 1 N–H and O–H groups in total. The molecule has 1 heterocycles. The Kier molecular flexibility index (Phi) is 4.13. The summed E-state index contributed by atoms with van der Waals surface area (Å²) >= 11 is 0. The molecule has 1 aliphatic rings. The van der Waals surface area contributed by atoms with E-state index in [0.717, 1.165) is 24.2 Å². The van der Waals surface area contributed by atoms with E-state index in [1.54, 1.807) is 6.07 Å². The quantitative estimate of drug-likeness (QED) is 0.869. The van der Waals surface area contributed by atoms with Crippen LogP contribution in [0, 0.1) is 5.82 Å². The highest BCUT2D eigenvalue weighted by Gasteiger charge is 2.14. The van der Waals surface area contributed by atoms with Gasteiger partial charge in [-0.05, 0) is 37.6 Å². The molecule has 1 aromatic rings. The number of nitrogens with zero attached hydrogens (tertiary/aromatic N) is 1. The van der Waals surface area contributed by atoms with Gasteiger partial charge in [-0.1, -0.05) is 19.1 Å². The van der Waals surface area contributed by atoms with Crippen LogP contribution in [0.5, 0.6) is 0 Å². The van der Waals surface area contributed by atoms with Crippen LogP contribution in [0.1, 0.15) is 36.8 Å². The molecule has 0 aromatic heterocycles. The molecule has 0 spiro atoms. The normalized spacial score (nSPS) is 18.5. The lowest BCUT2D eigenvalue weighted by Gasteiger charge is -2.16. The number of hydrogen-bond acceptors (Lipinski definition) is 2. The standard InChI is InChI=1S/C14H20FNO/c1-11(10-17)12-4-5-13(14(15)8-12)9-16-6-2-3-7-16/h4-5,8,11,17H,2-3,6-7,9-10H2,1H3. The second-order valence-corrected chi connectivity index (χ2v) is 4.92. The van der Waals surface area contributed by atoms with E-state index in [9.17, 15) is 4.39 Å². The number of halogens is 1. The maximum Gasteiger partial charge on any atom is 0.127 e. The third kappa shape index (κ3) is 3.05. The summed E-state index contributed by atoms with van der Waals surface area (Å²) in [5.41, 5.74) is 1.64. The third-order valence-corrected chi connectivity index (χ3v) is 3.51. The lowest BCUT2D eigenvalue weighted by molar-refractivity contribution is 0.272. The van der Waals surface area contributed by atoms with Gasteiger partial charge in [0.25, 0.3) is 0 Å². The Morgan fingerprint density at radius 1 is 1.35 bits per heavy atom. The van der Waals surface area contributed by atoms with E-state index < -0.39 is 0 Å². The highest BCUT2D eigenvalue weighted by Crippen LogP contribution is 2.20. The van der Waals surface area contributed by atoms with Crippen molar-refractivity contribution in [3.05, 3.63) is 35.1 Å². The summed E-state index contributed by atoms with van der Waals surface area (Å²) in [5, 5.41) is 9.05. The fraction of sp³-hybridized carbons (Fsp3) is 0.571. The number of aliphatic hydroxyl groups excluding tert-OH is 1. The third-order valence-electron chi connectivity index (χ3n) is 3.51. The molecule has 0 amide bonds. The van der Waals surface area contributed by atoms with Crippen molar-refractivity contribution in [2.24, 2.45) is 0 Å². The van der Waals surface area contributed by atoms with Crippen molar-refractivity contribution < 1.29 is 9.50 Å². The Balaban J connectivity index is 2.08. The summed E-state index contributed by atoms with van der Waals surface area (Å²) < 4.78 is 13.9. The maximum absolute atomic E-state index is 13.9. The van der Waals surface area contributed by atoms with E-state index in [2.05, 4.69) is 4.90 Å². The molecule has 94 valence electrons. The van der Waals surface area contributed by atoms with E-state index in [1.807, 2.05) is 19.1 Å². The zero-order valence-electron chi connectivity index (χ0n) is 10.3. The minimum Gasteiger partial charge on any atom is -0.396 e. The van der Waals surface area contributed by atoms with Crippen molar-refractivity contribution in [1.29, 1.82) is 0 Å². The zero-order chi connectivity index (χ0) is 12.3. The molecule has 0 aliphatic carbocycles. The zero-order valence-corrected chi connectivity index (χ0v) is 10.3. The number of likely N-dealkylation sites (tertiary alicyclic amines) is 1. The Hall–Kier alpha value is -0.930. The van der Waals surface area contributed by atoms with Gasteiger partial charge in [-0.25, -0.2) is 4.39 Å². The first kappa shape index (κ1) is 12.5. The summed E-state index contributed by atoms with van der Waals surface area (Å²) in [7, 11) is 0. The van der Waals surface area contributed by atoms with Gasteiger partial charge < -0.3 is 5.11 Å². The lowest BCUT2D eigenvalue weighted by atomic mass is 10.00. The maximum atomic E-state index is 13.9. The molecule has 1 aromatic carbocycles. The van der Waals surface area contributed by atoms with Crippen molar-refractivity contribution in [3.8, 4) is 0 Å². The van der Waals surface area contributed by atoms with Crippen LogP contribution in [0.25, 0.3) is 0 Å². The van der Waals surface area contributed by atoms with Gasteiger partial charge in [-0.3, -0.25) is 4.90 Å². The average molecular weight is 237 g/mol. The van der Waals surface area contributed by atoms with Gasteiger partial charge in [0.05, 0.1) is 0 Å². The van der Waals surface area contributed by atoms with Gasteiger partial charge in [-0.2, -0.15) is 0 Å². The number of benzene rings is 1. The largest absolute Gasteiger partial charge is 0.396 e. The van der Waals surface area contributed by atoms with Gasteiger partial charge in [0.2, 0.25) is 0 Å². The second kappa shape index (κ2) is 5.61. The van der Waals surface area contributed by atoms with Crippen LogP contribution >= 0.6 is 0 Å². The smallest absolute Gasteiger partial charge is 0.127 e. The number of aliphatic hydroxyl groups is 1. The van der Waals surface area contributed by atoms with Gasteiger partial charge >= 0.3 is 0 Å². The summed E-state index contributed by atoms with van der Waals surface area (Å²) in [4.78, 5) is 2.29. The molecule has 3 heteroatoms. The Labute approximate surface area is 102 Å². The molecule has 1 fully saturated rings. The van der Waals surface area contributed by atoms with Crippen LogP contribution in [-0.4, -0.2) is 29.7 Å². The van der Waals surface area contributed by atoms with Crippen LogP contribution in [0.15, 0.2) is 18.2 Å². The molecule has 2 rings (SSSR count). The van der Waals surface area contributed by atoms with Crippen molar-refractivity contribution in [3.63, 3.8) is 0 Å². The molecule has 0 saturated carbocycles. The molecule has 1 atom stereocenters. The molecular weight excluding hydrogens is 217 g/mol. The molecule has 1 aliphatic heterocycles. The highest BCUT2D eigenvalue weighted by molar-refractivity contribution is 5.26. The molecule has 1 unspecified atom stereocenters. The van der Waals surface area contributed by atoms with Crippen LogP contribution in [0.3, 0.4) is 0 Å². The molecule has 1 saturated heterocycles. The molecule has 0 bridgehead atoms. The summed E-state index contributed by atoms with van der Waals surface area (Å²) in [6.07, 6.45) is 2.45. The fourth-order valence-corrected chi connectivity index (χ4v) is 2.29. The summed E-state index contributed by atoms with van der Waals surface area (Å²) in [6.45, 7) is 4.82. The molecule has 17 heavy (non-hydrogen) atoms. The first-order chi connectivity index (χ1) is 8.20. The molecule has 2 nitrogen and oxygen atoms in total. The van der Waals surface area contributed by atoms with Crippen LogP contribution in [0.2, 0.25) is 0 Å². The van der Waals surface area contributed by atoms with Crippen molar-refractivity contribution >= 4 is 0 Å². The lowest BCUT2D eigenvalue weighted by Crippen LogP contribution is -2.19. The van der Waals surface area contributed by atoms with Crippen LogP contribution in [-0.2, 0) is 6.54 Å². The van der Waals surface area contributed by atoms with Crippen LogP contribution < -0.4 is 0 Å². The SMILES string of the molecule is CC(CO)c1ccc(CN2CCCC2)c(F)c1. The molecule has 0 radical (unpaired) electrons. The van der Waals surface area contributed by atoms with Crippen molar-refractivity contribution in [1.82, 2.24) is 4.90 Å². The first-order valence-electron chi connectivity index (χ1n) is 6.32. The van der Waals surface area contributed by atoms with E-state index in [-0.39, 0.29) is 18.3 Å². The van der Waals surface area contributed by atoms with Gasteiger partial charge in [-0.15, -0.1) is 0 Å². The molecular formula is C14H20FNO. The minimum atomic E-state index is -0.144. The predicted octanol–water partition coefficient (Wildman–Crippen LogP) is 2.52. The average Bonchev–Trinajstić information content (AvgIpc) is 2.83. The Morgan fingerprint density at radius 3 is 2.65 bits per heavy atom. The minimum absolute atomic E-state index is 0.00494. The fourth-order valence-electron chi connectivity index (χ4n) is 2.29. The number of hydrogen-bond donors (Lipinski definition) is 1. The summed E-state index contributed by atoms with van der Waals surface area (Å²) in [6, 6.07) is 5.34. The number of rotatable bonds is 4. The van der Waals surface area contributed by atoms with Gasteiger partial charge in [0.1, 0.15) is 5.82 Å². The van der Waals surface area contributed by atoms with E-state index in [4.69, 9.17) is 5.11 Å². The predicted molar refractivity (Wildman–Crippen MR) is 66.4 cm³/mol. The van der Waals surface area contributed by atoms with E-state index in [1.165, 1.54) is 12.8 Å². The monoisotopic (exact) mass is 237 g/mol. The Bertz CT molecular complexity index is 374. The first-order valence-corrected chi connectivity index (χ1v) is 6.32. The second-order valence-electron chi connectivity index (χ2n) is 4.92. The van der Waals surface area contributed by atoms with Gasteiger partial charge in [0, 0.05) is 24.6 Å². The van der Waals surface area contributed by atoms with Crippen molar-refractivity contribution in [2.75, 3.05) is 19.7 Å².